The molecule has 1 fully saturated rings. The second-order valence-electron chi connectivity index (χ2n) is 7.09. The number of rotatable bonds is 6. The van der Waals surface area contributed by atoms with Crippen molar-refractivity contribution in [1.82, 2.24) is 4.90 Å². The fraction of sp³-hybridized carbons (Fsp3) is 0.364. The Bertz CT molecular complexity index is 806. The molecule has 0 bridgehead atoms. The van der Waals surface area contributed by atoms with Crippen molar-refractivity contribution in [2.24, 2.45) is 5.92 Å². The normalized spacial score (nSPS) is 16.9. The van der Waals surface area contributed by atoms with Gasteiger partial charge in [-0.15, -0.1) is 0 Å². The van der Waals surface area contributed by atoms with Gasteiger partial charge in [-0.1, -0.05) is 36.4 Å². The van der Waals surface area contributed by atoms with E-state index in [1.54, 1.807) is 11.0 Å². The summed E-state index contributed by atoms with van der Waals surface area (Å²) >= 11 is 0. The van der Waals surface area contributed by atoms with Gasteiger partial charge in [-0.2, -0.15) is 0 Å². The number of hydrogen-bond donors (Lipinski definition) is 1. The van der Waals surface area contributed by atoms with Gasteiger partial charge in [0.2, 0.25) is 5.91 Å². The highest BCUT2D eigenvalue weighted by Gasteiger charge is 2.28. The van der Waals surface area contributed by atoms with Crippen molar-refractivity contribution in [1.29, 1.82) is 0 Å². The molecule has 1 aliphatic rings. The Morgan fingerprint density at radius 2 is 1.89 bits per heavy atom. The van der Waals surface area contributed by atoms with Crippen LogP contribution in [0.1, 0.15) is 30.4 Å². The van der Waals surface area contributed by atoms with E-state index in [1.165, 1.54) is 12.1 Å². The number of nitrogens with zero attached hydrogens (tertiary/aromatic N) is 1. The van der Waals surface area contributed by atoms with Gasteiger partial charge in [-0.3, -0.25) is 9.59 Å². The molecule has 1 amide bonds. The first-order valence-electron chi connectivity index (χ1n) is 9.35. The summed E-state index contributed by atoms with van der Waals surface area (Å²) in [4.78, 5) is 26.8. The SMILES string of the molecule is O=C(CCc1ccccc1)[C@H]1CCCN(C(=O)Cc2ccc(O)c(F)c2)C1. The molecule has 1 saturated heterocycles. The van der Waals surface area contributed by atoms with Crippen molar-refractivity contribution in [2.45, 2.75) is 32.1 Å². The number of benzene rings is 2. The number of phenols is 1. The van der Waals surface area contributed by atoms with Gasteiger partial charge in [0.05, 0.1) is 6.42 Å². The number of aromatic hydroxyl groups is 1. The number of aryl methyl sites for hydroxylation is 1. The van der Waals surface area contributed by atoms with Gasteiger partial charge in [0.25, 0.3) is 0 Å². The van der Waals surface area contributed by atoms with Crippen LogP contribution in [0.15, 0.2) is 48.5 Å². The second kappa shape index (κ2) is 8.80. The third-order valence-corrected chi connectivity index (χ3v) is 5.10. The minimum absolute atomic E-state index is 0.0716. The summed E-state index contributed by atoms with van der Waals surface area (Å²) in [7, 11) is 0. The van der Waals surface area contributed by atoms with E-state index in [4.69, 9.17) is 0 Å². The fourth-order valence-corrected chi connectivity index (χ4v) is 3.53. The number of amides is 1. The molecular weight excluding hydrogens is 345 g/mol. The van der Waals surface area contributed by atoms with Crippen molar-refractivity contribution >= 4 is 11.7 Å². The summed E-state index contributed by atoms with van der Waals surface area (Å²) in [5.41, 5.74) is 1.66. The lowest BCUT2D eigenvalue weighted by Gasteiger charge is -2.32. The van der Waals surface area contributed by atoms with Gasteiger partial charge in [-0.05, 0) is 42.5 Å². The summed E-state index contributed by atoms with van der Waals surface area (Å²) in [5.74, 6) is -1.18. The highest BCUT2D eigenvalue weighted by atomic mass is 19.1. The van der Waals surface area contributed by atoms with Crippen LogP contribution in [0.5, 0.6) is 5.75 Å². The topological polar surface area (TPSA) is 57.6 Å². The van der Waals surface area contributed by atoms with Crippen LogP contribution in [-0.2, 0) is 22.4 Å². The van der Waals surface area contributed by atoms with Crippen LogP contribution in [0.2, 0.25) is 0 Å². The molecule has 1 heterocycles. The molecule has 5 heteroatoms. The lowest BCUT2D eigenvalue weighted by molar-refractivity contribution is -0.134. The molecule has 1 atom stereocenters. The van der Waals surface area contributed by atoms with E-state index in [-0.39, 0.29) is 24.0 Å². The standard InChI is InChI=1S/C22H24FNO3/c23-19-13-17(9-11-21(19)26)14-22(27)24-12-4-7-18(15-24)20(25)10-8-16-5-2-1-3-6-16/h1-3,5-6,9,11,13,18,26H,4,7-8,10,12,14-15H2/t18-/m0/s1. The molecular formula is C22H24FNO3. The number of Topliss-reactive ketones (excluding diaryl/α,β-unsaturated/α-hetero) is 1. The number of carbonyl (C=O) groups is 2. The summed E-state index contributed by atoms with van der Waals surface area (Å²) in [5, 5.41) is 9.25. The summed E-state index contributed by atoms with van der Waals surface area (Å²) in [6.07, 6.45) is 2.89. The third kappa shape index (κ3) is 5.16. The van der Waals surface area contributed by atoms with Crippen LogP contribution in [0.4, 0.5) is 4.39 Å². The van der Waals surface area contributed by atoms with Crippen LogP contribution < -0.4 is 0 Å². The molecule has 0 spiro atoms. The van der Waals surface area contributed by atoms with Gasteiger partial charge in [0.1, 0.15) is 5.78 Å². The first-order valence-corrected chi connectivity index (χ1v) is 9.35. The maximum absolute atomic E-state index is 13.4. The van der Waals surface area contributed by atoms with E-state index in [2.05, 4.69) is 0 Å². The summed E-state index contributed by atoms with van der Waals surface area (Å²) in [6.45, 7) is 1.06. The molecule has 0 radical (unpaired) electrons. The Balaban J connectivity index is 1.54. The molecule has 0 saturated carbocycles. The van der Waals surface area contributed by atoms with Crippen molar-refractivity contribution in [2.75, 3.05) is 13.1 Å². The molecule has 2 aromatic carbocycles. The molecule has 0 unspecified atom stereocenters. The van der Waals surface area contributed by atoms with E-state index in [1.807, 2.05) is 30.3 Å². The number of carbonyl (C=O) groups excluding carboxylic acids is 2. The smallest absolute Gasteiger partial charge is 0.227 e. The predicted molar refractivity (Wildman–Crippen MR) is 101 cm³/mol. The summed E-state index contributed by atoms with van der Waals surface area (Å²) in [6, 6.07) is 13.9. The Morgan fingerprint density at radius 3 is 2.63 bits per heavy atom. The largest absolute Gasteiger partial charge is 0.505 e. The van der Waals surface area contributed by atoms with Crippen LogP contribution in [0.3, 0.4) is 0 Å². The monoisotopic (exact) mass is 369 g/mol. The van der Waals surface area contributed by atoms with Gasteiger partial charge in [-0.25, -0.2) is 4.39 Å². The lowest BCUT2D eigenvalue weighted by atomic mass is 9.90. The maximum Gasteiger partial charge on any atom is 0.227 e. The molecule has 0 aliphatic carbocycles. The van der Waals surface area contributed by atoms with E-state index in [0.717, 1.165) is 24.8 Å². The van der Waals surface area contributed by atoms with Crippen LogP contribution in [0.25, 0.3) is 0 Å². The average Bonchev–Trinajstić information content (AvgIpc) is 2.70. The van der Waals surface area contributed by atoms with E-state index in [0.29, 0.717) is 25.1 Å². The highest BCUT2D eigenvalue weighted by Crippen LogP contribution is 2.22. The highest BCUT2D eigenvalue weighted by molar-refractivity contribution is 5.83. The third-order valence-electron chi connectivity index (χ3n) is 5.10. The second-order valence-corrected chi connectivity index (χ2v) is 7.09. The van der Waals surface area contributed by atoms with Crippen LogP contribution in [0, 0.1) is 11.7 Å². The number of ketones is 1. The van der Waals surface area contributed by atoms with Crippen molar-refractivity contribution in [3.8, 4) is 5.75 Å². The number of halogens is 1. The molecule has 27 heavy (non-hydrogen) atoms. The Hall–Kier alpha value is -2.69. The van der Waals surface area contributed by atoms with Crippen molar-refractivity contribution < 1.29 is 19.1 Å². The molecule has 142 valence electrons. The molecule has 1 N–H and O–H groups in total. The number of phenolic OH excluding ortho intramolecular Hbond substituents is 1. The lowest BCUT2D eigenvalue weighted by Crippen LogP contribution is -2.43. The quantitative estimate of drug-likeness (QED) is 0.848. The van der Waals surface area contributed by atoms with Crippen molar-refractivity contribution in [3.05, 3.63) is 65.5 Å². The van der Waals surface area contributed by atoms with Gasteiger partial charge < -0.3 is 10.0 Å². The number of hydrogen-bond acceptors (Lipinski definition) is 3. The van der Waals surface area contributed by atoms with Crippen molar-refractivity contribution in [3.63, 3.8) is 0 Å². The fourth-order valence-electron chi connectivity index (χ4n) is 3.53. The minimum atomic E-state index is -0.729. The van der Waals surface area contributed by atoms with Gasteiger partial charge >= 0.3 is 0 Å². The first-order chi connectivity index (χ1) is 13.0. The van der Waals surface area contributed by atoms with Gasteiger partial charge in [0.15, 0.2) is 11.6 Å². The first kappa shape index (κ1) is 19.1. The zero-order chi connectivity index (χ0) is 19.2. The van der Waals surface area contributed by atoms with E-state index < -0.39 is 11.6 Å². The zero-order valence-corrected chi connectivity index (χ0v) is 15.2. The molecule has 1 aliphatic heterocycles. The molecule has 0 aromatic heterocycles. The molecule has 2 aromatic rings. The minimum Gasteiger partial charge on any atom is -0.505 e. The zero-order valence-electron chi connectivity index (χ0n) is 15.2. The number of piperidine rings is 1. The van der Waals surface area contributed by atoms with Gasteiger partial charge in [0, 0.05) is 25.4 Å². The maximum atomic E-state index is 13.4. The van der Waals surface area contributed by atoms with Crippen LogP contribution >= 0.6 is 0 Å². The van der Waals surface area contributed by atoms with E-state index >= 15 is 0 Å². The molecule has 3 rings (SSSR count). The van der Waals surface area contributed by atoms with Crippen LogP contribution in [-0.4, -0.2) is 34.8 Å². The van der Waals surface area contributed by atoms with E-state index in [9.17, 15) is 19.1 Å². The molecule has 4 nitrogen and oxygen atoms in total. The Morgan fingerprint density at radius 1 is 1.11 bits per heavy atom. The summed E-state index contributed by atoms with van der Waals surface area (Å²) < 4.78 is 13.4. The Labute approximate surface area is 158 Å². The predicted octanol–water partition coefficient (Wildman–Crippen LogP) is 3.51. The average molecular weight is 369 g/mol. The number of likely N-dealkylation sites (tertiary alicyclic amines) is 1. The Kier molecular flexibility index (Phi) is 6.22.